The van der Waals surface area contributed by atoms with Crippen molar-refractivity contribution in [3.8, 4) is 0 Å². The highest BCUT2D eigenvalue weighted by Crippen LogP contribution is 2.45. The summed E-state index contributed by atoms with van der Waals surface area (Å²) in [6.45, 7) is 14.5. The summed E-state index contributed by atoms with van der Waals surface area (Å²) in [4.78, 5) is 0. The Labute approximate surface area is 131 Å². The number of nitrogens with one attached hydrogen (secondary N) is 1. The van der Waals surface area contributed by atoms with Crippen LogP contribution < -0.4 is 5.32 Å². The van der Waals surface area contributed by atoms with Crippen molar-refractivity contribution >= 4 is 11.8 Å². The maximum absolute atomic E-state index is 6.14. The predicted molar refractivity (Wildman–Crippen MR) is 84.5 cm³/mol. The van der Waals surface area contributed by atoms with E-state index in [1.807, 2.05) is 4.68 Å². The van der Waals surface area contributed by atoms with Crippen molar-refractivity contribution in [3.63, 3.8) is 0 Å². The number of rotatable bonds is 6. The van der Waals surface area contributed by atoms with Gasteiger partial charge >= 0.3 is 0 Å². The first-order valence-corrected chi connectivity index (χ1v) is 8.44. The first-order valence-electron chi connectivity index (χ1n) is 7.56. The molecule has 0 saturated carbocycles. The zero-order valence-electron chi connectivity index (χ0n) is 13.9. The van der Waals surface area contributed by atoms with Crippen LogP contribution in [0.4, 0.5) is 0 Å². The molecule has 2 rings (SSSR count). The highest BCUT2D eigenvalue weighted by atomic mass is 32.2. The third-order valence-corrected chi connectivity index (χ3v) is 5.14. The van der Waals surface area contributed by atoms with Crippen LogP contribution in [0.2, 0.25) is 0 Å². The maximum Gasteiger partial charge on any atom is 0.209 e. The van der Waals surface area contributed by atoms with Crippen molar-refractivity contribution in [1.82, 2.24) is 25.5 Å². The van der Waals surface area contributed by atoms with E-state index < -0.39 is 0 Å². The minimum Gasteiger partial charge on any atom is -0.368 e. The van der Waals surface area contributed by atoms with Gasteiger partial charge in [0.25, 0.3) is 0 Å². The van der Waals surface area contributed by atoms with Crippen molar-refractivity contribution in [2.75, 3.05) is 6.54 Å². The fourth-order valence-corrected chi connectivity index (χ4v) is 4.11. The summed E-state index contributed by atoms with van der Waals surface area (Å²) >= 11 is 1.73. The van der Waals surface area contributed by atoms with Crippen molar-refractivity contribution in [3.05, 3.63) is 0 Å². The van der Waals surface area contributed by atoms with E-state index in [2.05, 4.69) is 62.4 Å². The number of aromatic nitrogens is 4. The lowest BCUT2D eigenvalue weighted by Crippen LogP contribution is -2.31. The minimum atomic E-state index is -0.166. The van der Waals surface area contributed by atoms with Crippen LogP contribution in [0, 0.1) is 0 Å². The Morgan fingerprint density at radius 3 is 2.67 bits per heavy atom. The highest BCUT2D eigenvalue weighted by molar-refractivity contribution is 7.99. The molecule has 1 atom stereocenters. The third-order valence-electron chi connectivity index (χ3n) is 3.61. The number of tetrazole rings is 1. The fourth-order valence-electron chi connectivity index (χ4n) is 2.70. The smallest absolute Gasteiger partial charge is 0.209 e. The number of hydrogen-bond acceptors (Lipinski definition) is 6. The molecule has 21 heavy (non-hydrogen) atoms. The molecule has 120 valence electrons. The average Bonchev–Trinajstić information content (AvgIpc) is 2.81. The zero-order valence-corrected chi connectivity index (χ0v) is 14.7. The molecule has 1 saturated heterocycles. The molecule has 1 aliphatic heterocycles. The van der Waals surface area contributed by atoms with Crippen LogP contribution >= 0.6 is 11.8 Å². The first-order chi connectivity index (χ1) is 9.70. The van der Waals surface area contributed by atoms with Crippen molar-refractivity contribution in [1.29, 1.82) is 0 Å². The van der Waals surface area contributed by atoms with Crippen molar-refractivity contribution < 1.29 is 4.74 Å². The standard InChI is InChI=1S/C14H27N5OS/c1-10(2)15-7-8-19-12(16-17-18-19)21-11-9-13(3,4)20-14(11,5)6/h10-11,15H,7-9H2,1-6H3. The molecule has 0 aliphatic carbocycles. The average molecular weight is 313 g/mol. The fraction of sp³-hybridized carbons (Fsp3) is 0.929. The second-order valence-electron chi connectivity index (χ2n) is 7.07. The van der Waals surface area contributed by atoms with Gasteiger partial charge < -0.3 is 10.1 Å². The molecular formula is C14H27N5OS. The number of thioether (sulfide) groups is 1. The van der Waals surface area contributed by atoms with Gasteiger partial charge in [0.05, 0.1) is 17.7 Å². The molecule has 1 aromatic heterocycles. The normalized spacial score (nSPS) is 23.9. The molecule has 0 bridgehead atoms. The van der Waals surface area contributed by atoms with E-state index in [0.717, 1.165) is 24.7 Å². The molecule has 1 aromatic rings. The van der Waals surface area contributed by atoms with Gasteiger partial charge in [-0.3, -0.25) is 0 Å². The number of hydrogen-bond donors (Lipinski definition) is 1. The Balaban J connectivity index is 1.99. The van der Waals surface area contributed by atoms with E-state index in [4.69, 9.17) is 4.74 Å². The van der Waals surface area contributed by atoms with Gasteiger partial charge in [0, 0.05) is 17.8 Å². The van der Waals surface area contributed by atoms with Crippen molar-refractivity contribution in [2.45, 2.75) is 82.2 Å². The maximum atomic E-state index is 6.14. The second-order valence-corrected chi connectivity index (χ2v) is 8.24. The SMILES string of the molecule is CC(C)NCCn1nnnc1SC1CC(C)(C)OC1(C)C. The summed E-state index contributed by atoms with van der Waals surface area (Å²) < 4.78 is 8.02. The van der Waals surface area contributed by atoms with Crippen LogP contribution in [-0.4, -0.2) is 49.2 Å². The van der Waals surface area contributed by atoms with Gasteiger partial charge in [0.1, 0.15) is 0 Å². The van der Waals surface area contributed by atoms with Gasteiger partial charge in [-0.25, -0.2) is 4.68 Å². The molecule has 1 unspecified atom stereocenters. The van der Waals surface area contributed by atoms with Crippen LogP contribution in [0.15, 0.2) is 5.16 Å². The Morgan fingerprint density at radius 1 is 1.38 bits per heavy atom. The van der Waals surface area contributed by atoms with E-state index in [9.17, 15) is 0 Å². The van der Waals surface area contributed by atoms with Crippen LogP contribution in [0.1, 0.15) is 48.0 Å². The monoisotopic (exact) mass is 313 g/mol. The minimum absolute atomic E-state index is 0.0847. The summed E-state index contributed by atoms with van der Waals surface area (Å²) in [5.41, 5.74) is -0.250. The van der Waals surface area contributed by atoms with Gasteiger partial charge in [-0.05, 0) is 44.5 Å². The Bertz CT molecular complexity index is 472. The molecule has 0 spiro atoms. The van der Waals surface area contributed by atoms with Gasteiger partial charge in [-0.1, -0.05) is 25.6 Å². The summed E-state index contributed by atoms with van der Waals surface area (Å²) in [5.74, 6) is 0. The van der Waals surface area contributed by atoms with E-state index in [0.29, 0.717) is 11.3 Å². The third kappa shape index (κ3) is 4.40. The van der Waals surface area contributed by atoms with Gasteiger partial charge in [-0.2, -0.15) is 0 Å². The van der Waals surface area contributed by atoms with Gasteiger partial charge in [0.15, 0.2) is 0 Å². The van der Waals surface area contributed by atoms with E-state index in [-0.39, 0.29) is 11.2 Å². The summed E-state index contributed by atoms with van der Waals surface area (Å²) in [6.07, 6.45) is 1.00. The van der Waals surface area contributed by atoms with Gasteiger partial charge in [-0.15, -0.1) is 5.10 Å². The van der Waals surface area contributed by atoms with Crippen LogP contribution in [-0.2, 0) is 11.3 Å². The molecule has 0 aromatic carbocycles. The summed E-state index contributed by atoms with van der Waals surface area (Å²) in [6, 6.07) is 0.473. The van der Waals surface area contributed by atoms with Crippen LogP contribution in [0.25, 0.3) is 0 Å². The van der Waals surface area contributed by atoms with Crippen LogP contribution in [0.5, 0.6) is 0 Å². The van der Waals surface area contributed by atoms with E-state index in [1.165, 1.54) is 0 Å². The van der Waals surface area contributed by atoms with Crippen LogP contribution in [0.3, 0.4) is 0 Å². The lowest BCUT2D eigenvalue weighted by molar-refractivity contribution is -0.0631. The van der Waals surface area contributed by atoms with E-state index in [1.54, 1.807) is 11.8 Å². The lowest BCUT2D eigenvalue weighted by atomic mass is 10.0. The molecule has 1 N–H and O–H groups in total. The topological polar surface area (TPSA) is 64.9 Å². The zero-order chi connectivity index (χ0) is 15.7. The predicted octanol–water partition coefficient (Wildman–Crippen LogP) is 2.11. The Hall–Kier alpha value is -0.660. The molecule has 1 fully saturated rings. The van der Waals surface area contributed by atoms with E-state index >= 15 is 0 Å². The molecule has 6 nitrogen and oxygen atoms in total. The number of ether oxygens (including phenoxy) is 1. The lowest BCUT2D eigenvalue weighted by Gasteiger charge is -2.26. The molecule has 2 heterocycles. The quantitative estimate of drug-likeness (QED) is 0.868. The summed E-state index contributed by atoms with van der Waals surface area (Å²) in [5, 5.41) is 16.7. The second kappa shape index (κ2) is 6.22. The first kappa shape index (κ1) is 16.7. The molecule has 0 radical (unpaired) electrons. The molecular weight excluding hydrogens is 286 g/mol. The summed E-state index contributed by atoms with van der Waals surface area (Å²) in [7, 11) is 0. The van der Waals surface area contributed by atoms with Crippen molar-refractivity contribution in [2.24, 2.45) is 0 Å². The van der Waals surface area contributed by atoms with Gasteiger partial charge in [0.2, 0.25) is 5.16 Å². The highest BCUT2D eigenvalue weighted by Gasteiger charge is 2.46. The Kier molecular flexibility index (Phi) is 4.95. The molecule has 7 heteroatoms. The Morgan fingerprint density at radius 2 is 2.10 bits per heavy atom. The number of nitrogens with zero attached hydrogens (tertiary/aromatic N) is 4. The largest absolute Gasteiger partial charge is 0.368 e. The molecule has 0 amide bonds. The molecule has 1 aliphatic rings.